The average molecular weight is 398 g/mol. The molecule has 1 fully saturated rings. The Hall–Kier alpha value is -1.82. The van der Waals surface area contributed by atoms with Gasteiger partial charge in [0.1, 0.15) is 0 Å². The van der Waals surface area contributed by atoms with Crippen LogP contribution in [0.15, 0.2) is 40.9 Å². The maximum atomic E-state index is 13.8. The molecular weight excluding hydrogens is 383 g/mol. The van der Waals surface area contributed by atoms with E-state index in [1.165, 1.54) is 0 Å². The largest absolute Gasteiger partial charge is 0.349 e. The van der Waals surface area contributed by atoms with E-state index in [1.54, 1.807) is 0 Å². The summed E-state index contributed by atoms with van der Waals surface area (Å²) in [5, 5.41) is 2.72. The van der Waals surface area contributed by atoms with Crippen molar-refractivity contribution in [3.8, 4) is 0 Å². The summed E-state index contributed by atoms with van der Waals surface area (Å²) >= 11 is 3.38. The molecule has 0 saturated heterocycles. The molecule has 2 aromatic carbocycles. The van der Waals surface area contributed by atoms with Crippen LogP contribution in [0.25, 0.3) is 0 Å². The molecule has 2 nitrogen and oxygen atoms in total. The molecule has 1 aliphatic carbocycles. The van der Waals surface area contributed by atoms with Crippen LogP contribution < -0.4 is 5.32 Å². The van der Waals surface area contributed by atoms with Gasteiger partial charge in [-0.1, -0.05) is 28.1 Å². The van der Waals surface area contributed by atoms with E-state index in [2.05, 4.69) is 21.2 Å². The Labute approximate surface area is 146 Å². The molecule has 0 radical (unpaired) electrons. The summed E-state index contributed by atoms with van der Waals surface area (Å²) in [6, 6.07) is 9.26. The second-order valence-corrected chi connectivity index (χ2v) is 7.00. The lowest BCUT2D eigenvalue weighted by Gasteiger charge is -2.25. The molecule has 0 bridgehead atoms. The van der Waals surface area contributed by atoms with Crippen molar-refractivity contribution in [3.63, 3.8) is 0 Å². The quantitative estimate of drug-likeness (QED) is 0.743. The fraction of sp³-hybridized carbons (Fsp3) is 0.278. The van der Waals surface area contributed by atoms with E-state index in [0.717, 1.165) is 35.0 Å². The lowest BCUT2D eigenvalue weighted by molar-refractivity contribution is 0.0926. The molecule has 0 spiro atoms. The van der Waals surface area contributed by atoms with Crippen molar-refractivity contribution < 1.29 is 18.0 Å². The number of halogens is 4. The number of benzene rings is 2. The third kappa shape index (κ3) is 2.95. The predicted molar refractivity (Wildman–Crippen MR) is 88.3 cm³/mol. The normalized spacial score (nSPS) is 16.5. The van der Waals surface area contributed by atoms with Gasteiger partial charge in [0.25, 0.3) is 5.91 Å². The first-order valence-electron chi connectivity index (χ1n) is 7.55. The topological polar surface area (TPSA) is 29.1 Å². The van der Waals surface area contributed by atoms with Gasteiger partial charge in [-0.25, -0.2) is 13.2 Å². The molecule has 1 atom stereocenters. The summed E-state index contributed by atoms with van der Waals surface area (Å²) in [4.78, 5) is 12.3. The van der Waals surface area contributed by atoms with Gasteiger partial charge in [0.15, 0.2) is 17.5 Å². The van der Waals surface area contributed by atoms with Crippen LogP contribution in [-0.2, 0) is 5.41 Å². The van der Waals surface area contributed by atoms with E-state index in [9.17, 15) is 18.0 Å². The monoisotopic (exact) mass is 397 g/mol. The fourth-order valence-corrected chi connectivity index (χ4v) is 3.27. The fourth-order valence-electron chi connectivity index (χ4n) is 3.00. The van der Waals surface area contributed by atoms with E-state index in [1.807, 2.05) is 31.2 Å². The van der Waals surface area contributed by atoms with Gasteiger partial charge in [-0.2, -0.15) is 0 Å². The Bertz CT molecular complexity index is 788. The number of carbonyl (C=O) groups is 1. The maximum absolute atomic E-state index is 13.8. The Kier molecular flexibility index (Phi) is 4.42. The zero-order valence-electron chi connectivity index (χ0n) is 12.9. The maximum Gasteiger partial charge on any atom is 0.254 e. The van der Waals surface area contributed by atoms with E-state index < -0.39 is 28.9 Å². The molecule has 1 saturated carbocycles. The van der Waals surface area contributed by atoms with E-state index in [4.69, 9.17) is 0 Å². The van der Waals surface area contributed by atoms with Crippen LogP contribution in [0, 0.1) is 17.5 Å². The van der Waals surface area contributed by atoms with Gasteiger partial charge in [0.2, 0.25) is 0 Å². The minimum Gasteiger partial charge on any atom is -0.349 e. The van der Waals surface area contributed by atoms with E-state index in [-0.39, 0.29) is 11.5 Å². The van der Waals surface area contributed by atoms with Crippen molar-refractivity contribution in [1.29, 1.82) is 0 Å². The number of amides is 1. The number of hydrogen-bond donors (Lipinski definition) is 1. The molecule has 6 heteroatoms. The lowest BCUT2D eigenvalue weighted by Crippen LogP contribution is -2.41. The highest BCUT2D eigenvalue weighted by Gasteiger charge is 2.49. The van der Waals surface area contributed by atoms with Gasteiger partial charge in [-0.15, -0.1) is 0 Å². The van der Waals surface area contributed by atoms with Crippen LogP contribution in [-0.4, -0.2) is 11.9 Å². The summed E-state index contributed by atoms with van der Waals surface area (Å²) in [5.41, 5.74) is 0.391. The zero-order valence-corrected chi connectivity index (χ0v) is 14.5. The van der Waals surface area contributed by atoms with Crippen LogP contribution in [0.3, 0.4) is 0 Å². The van der Waals surface area contributed by atoms with Crippen LogP contribution >= 0.6 is 15.9 Å². The average Bonchev–Trinajstić information content (AvgIpc) is 3.35. The van der Waals surface area contributed by atoms with Gasteiger partial charge < -0.3 is 5.32 Å². The van der Waals surface area contributed by atoms with Gasteiger partial charge >= 0.3 is 0 Å². The van der Waals surface area contributed by atoms with Crippen molar-refractivity contribution in [3.05, 3.63) is 69.4 Å². The van der Waals surface area contributed by atoms with Crippen LogP contribution in [0.2, 0.25) is 0 Å². The van der Waals surface area contributed by atoms with Gasteiger partial charge in [-0.05, 0) is 49.6 Å². The summed E-state index contributed by atoms with van der Waals surface area (Å²) in [6.45, 7) is 1.84. The lowest BCUT2D eigenvalue weighted by atomic mass is 9.89. The molecule has 1 unspecified atom stereocenters. The molecule has 126 valence electrons. The zero-order chi connectivity index (χ0) is 17.5. The number of nitrogens with one attached hydrogen (secondary N) is 1. The summed E-state index contributed by atoms with van der Waals surface area (Å²) < 4.78 is 41.0. The van der Waals surface area contributed by atoms with Crippen molar-refractivity contribution in [2.45, 2.75) is 31.2 Å². The van der Waals surface area contributed by atoms with Crippen molar-refractivity contribution >= 4 is 21.8 Å². The summed E-state index contributed by atoms with van der Waals surface area (Å²) in [7, 11) is 0. The molecule has 1 aliphatic rings. The van der Waals surface area contributed by atoms with Gasteiger partial charge in [0, 0.05) is 15.9 Å². The first-order chi connectivity index (χ1) is 11.3. The van der Waals surface area contributed by atoms with E-state index >= 15 is 0 Å². The van der Waals surface area contributed by atoms with Crippen LogP contribution in [0.1, 0.15) is 35.7 Å². The van der Waals surface area contributed by atoms with Crippen LogP contribution in [0.5, 0.6) is 0 Å². The Morgan fingerprint density at radius 2 is 1.71 bits per heavy atom. The molecule has 2 aromatic rings. The SMILES string of the molecule is CC(NC(=O)c1ccc(F)c(F)c1F)C1(c2ccc(Br)cc2)CC1. The molecule has 0 aliphatic heterocycles. The van der Waals surface area contributed by atoms with Crippen molar-refractivity contribution in [2.75, 3.05) is 0 Å². The minimum absolute atomic E-state index is 0.203. The van der Waals surface area contributed by atoms with Gasteiger partial charge in [-0.3, -0.25) is 4.79 Å². The summed E-state index contributed by atoms with van der Waals surface area (Å²) in [5.74, 6) is -5.16. The third-order valence-electron chi connectivity index (χ3n) is 4.66. The Balaban J connectivity index is 1.80. The number of hydrogen-bond acceptors (Lipinski definition) is 1. The highest BCUT2D eigenvalue weighted by Crippen LogP contribution is 2.51. The van der Waals surface area contributed by atoms with Crippen molar-refractivity contribution in [1.82, 2.24) is 5.32 Å². The molecule has 1 amide bonds. The standard InChI is InChI=1S/C18H15BrF3NO/c1-10(18(8-9-18)11-2-4-12(19)5-3-11)23-17(24)13-6-7-14(20)16(22)15(13)21/h2-7,10H,8-9H2,1H3,(H,23,24). The molecule has 0 heterocycles. The second-order valence-electron chi connectivity index (χ2n) is 6.08. The molecule has 24 heavy (non-hydrogen) atoms. The molecule has 3 rings (SSSR count). The second kappa shape index (κ2) is 6.24. The Morgan fingerprint density at radius 1 is 1.08 bits per heavy atom. The smallest absolute Gasteiger partial charge is 0.254 e. The van der Waals surface area contributed by atoms with Gasteiger partial charge in [0.05, 0.1) is 5.56 Å². The Morgan fingerprint density at radius 3 is 2.29 bits per heavy atom. The highest BCUT2D eigenvalue weighted by atomic mass is 79.9. The molecule has 1 N–H and O–H groups in total. The molecular formula is C18H15BrF3NO. The van der Waals surface area contributed by atoms with Crippen molar-refractivity contribution in [2.24, 2.45) is 0 Å². The van der Waals surface area contributed by atoms with E-state index in [0.29, 0.717) is 0 Å². The third-order valence-corrected chi connectivity index (χ3v) is 5.19. The van der Waals surface area contributed by atoms with Crippen LogP contribution in [0.4, 0.5) is 13.2 Å². The number of rotatable bonds is 4. The minimum atomic E-state index is -1.63. The number of carbonyl (C=O) groups excluding carboxylic acids is 1. The first kappa shape index (κ1) is 17.0. The first-order valence-corrected chi connectivity index (χ1v) is 8.35. The summed E-state index contributed by atoms with van der Waals surface area (Å²) in [6.07, 6.45) is 1.80. The predicted octanol–water partition coefficient (Wildman–Crippen LogP) is 4.72. The molecule has 0 aromatic heterocycles. The highest BCUT2D eigenvalue weighted by molar-refractivity contribution is 9.10.